The number of hydrogen-bond acceptors (Lipinski definition) is 3. The fourth-order valence-electron chi connectivity index (χ4n) is 13.1. The van der Waals surface area contributed by atoms with Crippen LogP contribution in [0.1, 0.15) is 51.8 Å². The zero-order chi connectivity index (χ0) is 46.7. The van der Waals surface area contributed by atoms with Crippen molar-refractivity contribution in [3.63, 3.8) is 0 Å². The number of para-hydroxylation sites is 1. The Labute approximate surface area is 423 Å². The first kappa shape index (κ1) is 41.0. The summed E-state index contributed by atoms with van der Waals surface area (Å²) in [4.78, 5) is 8.05. The van der Waals surface area contributed by atoms with Crippen LogP contribution in [0.2, 0.25) is 0 Å². The molecular weight excluding hydrogens is 895 g/mol. The zero-order valence-corrected chi connectivity index (χ0v) is 40.5. The molecule has 0 saturated carbocycles. The lowest BCUT2D eigenvalue weighted by atomic mass is 9.66. The number of benzene rings is 10. The highest BCUT2D eigenvalue weighted by molar-refractivity contribution is 8.03. The van der Waals surface area contributed by atoms with Crippen molar-refractivity contribution in [3.8, 4) is 44.5 Å². The number of hydrogen-bond donors (Lipinski definition) is 0. The number of rotatable bonds is 5. The van der Waals surface area contributed by atoms with E-state index < -0.39 is 10.8 Å². The van der Waals surface area contributed by atoms with E-state index in [0.717, 1.165) is 24.2 Å². The summed E-state index contributed by atoms with van der Waals surface area (Å²) >= 11 is 3.87. The van der Waals surface area contributed by atoms with Gasteiger partial charge in [0, 0.05) is 31.5 Å². The Kier molecular flexibility index (Phi) is 9.15. The van der Waals surface area contributed by atoms with Gasteiger partial charge in [0.1, 0.15) is 0 Å². The summed E-state index contributed by atoms with van der Waals surface area (Å²) < 4.78 is 0. The SMILES string of the molecule is C1=CC2=C(CC1)Sc1ccccc1C21c2ccccc2-c2c(N(c3ccc4c(c3)C3(c5ccccc5Sc5ccccc53)c3ccccc3-4)c3ccccc3-c3ccc(-c4ccccc4)cc3)cccc21. The maximum atomic E-state index is 2.61. The largest absolute Gasteiger partial charge is 0.309 e. The Morgan fingerprint density at radius 3 is 1.61 bits per heavy atom. The molecule has 3 aliphatic carbocycles. The molecule has 10 aromatic rings. The molecule has 5 aliphatic rings. The first-order chi connectivity index (χ1) is 35.2. The van der Waals surface area contributed by atoms with Crippen molar-refractivity contribution in [1.82, 2.24) is 0 Å². The van der Waals surface area contributed by atoms with E-state index in [1.54, 1.807) is 0 Å². The van der Waals surface area contributed by atoms with Crippen molar-refractivity contribution in [2.75, 3.05) is 4.90 Å². The predicted octanol–water partition coefficient (Wildman–Crippen LogP) is 18.3. The molecule has 1 unspecified atom stereocenters. The van der Waals surface area contributed by atoms with Gasteiger partial charge in [0.05, 0.1) is 22.2 Å². The highest BCUT2D eigenvalue weighted by Crippen LogP contribution is 2.67. The summed E-state index contributed by atoms with van der Waals surface area (Å²) in [5, 5.41) is 0. The second kappa shape index (κ2) is 15.8. The number of nitrogens with zero attached hydrogens (tertiary/aromatic N) is 1. The minimum atomic E-state index is -0.520. The molecule has 1 atom stereocenters. The fraction of sp³-hybridized carbons (Fsp3) is 0.0588. The van der Waals surface area contributed by atoms with E-state index in [1.165, 1.54) is 114 Å². The second-order valence-electron chi connectivity index (χ2n) is 19.3. The van der Waals surface area contributed by atoms with Crippen LogP contribution < -0.4 is 4.90 Å². The first-order valence-electron chi connectivity index (χ1n) is 24.8. The van der Waals surface area contributed by atoms with E-state index in [0.29, 0.717) is 0 Å². The number of allylic oxidation sites excluding steroid dienone is 4. The van der Waals surface area contributed by atoms with Crippen LogP contribution in [0, 0.1) is 0 Å². The maximum Gasteiger partial charge on any atom is 0.0736 e. The van der Waals surface area contributed by atoms with E-state index >= 15 is 0 Å². The summed E-state index contributed by atoms with van der Waals surface area (Å²) in [5.74, 6) is 0. The standard InChI is InChI=1S/C68H45NS2/c1-2-19-44(20-3-1)45-37-39-46(40-38-45)48-21-6-13-31-60(48)69(47-41-42-50-49-22-4-7-24-52(49)68(59(50)43-47)56-28-11-16-35-64(56)71-65-36-17-12-29-57(65)68)61-32-18-30-58-66(61)51-23-5-8-25-53(51)67(58)54-26-9-14-33-62(54)70-63-34-15-10-27-55(63)67/h1-14,16-33,35-43H,15,34H2. The molecule has 2 aliphatic heterocycles. The van der Waals surface area contributed by atoms with E-state index in [2.05, 4.69) is 254 Å². The topological polar surface area (TPSA) is 3.24 Å². The lowest BCUT2D eigenvalue weighted by molar-refractivity contribution is 0.722. The molecule has 0 aromatic heterocycles. The summed E-state index contributed by atoms with van der Waals surface area (Å²) in [6, 6.07) is 89.4. The molecule has 2 spiro atoms. The Bertz CT molecular complexity index is 3850. The lowest BCUT2D eigenvalue weighted by Gasteiger charge is -2.41. The number of thioether (sulfide) groups is 1. The minimum absolute atomic E-state index is 0.467. The normalized spacial score (nSPS) is 16.8. The molecule has 10 aromatic carbocycles. The van der Waals surface area contributed by atoms with Gasteiger partial charge in [0.2, 0.25) is 0 Å². The van der Waals surface area contributed by atoms with Crippen LogP contribution in [0.15, 0.2) is 274 Å². The van der Waals surface area contributed by atoms with Crippen LogP contribution in [0.3, 0.4) is 0 Å². The highest BCUT2D eigenvalue weighted by Gasteiger charge is 2.53. The lowest BCUT2D eigenvalue weighted by Crippen LogP contribution is -2.33. The Morgan fingerprint density at radius 1 is 0.352 bits per heavy atom. The van der Waals surface area contributed by atoms with Crippen LogP contribution in [0.4, 0.5) is 17.1 Å². The van der Waals surface area contributed by atoms with Crippen molar-refractivity contribution in [2.45, 2.75) is 38.4 Å². The molecule has 0 radical (unpaired) electrons. The molecule has 1 nitrogen and oxygen atoms in total. The number of fused-ring (bicyclic) bond motifs is 17. The van der Waals surface area contributed by atoms with Crippen molar-refractivity contribution < 1.29 is 0 Å². The van der Waals surface area contributed by atoms with Crippen molar-refractivity contribution in [2.24, 2.45) is 0 Å². The van der Waals surface area contributed by atoms with Crippen LogP contribution in [-0.2, 0) is 10.8 Å². The highest BCUT2D eigenvalue weighted by atomic mass is 32.2. The first-order valence-corrected chi connectivity index (χ1v) is 26.4. The Balaban J connectivity index is 1.03. The van der Waals surface area contributed by atoms with Crippen LogP contribution >= 0.6 is 23.5 Å². The van der Waals surface area contributed by atoms with Gasteiger partial charge in [0.25, 0.3) is 0 Å². The Hall–Kier alpha value is -7.82. The average Bonchev–Trinajstić information content (AvgIpc) is 3.90. The van der Waals surface area contributed by atoms with Gasteiger partial charge in [-0.2, -0.15) is 0 Å². The Morgan fingerprint density at radius 2 is 0.873 bits per heavy atom. The molecule has 71 heavy (non-hydrogen) atoms. The second-order valence-corrected chi connectivity index (χ2v) is 21.5. The third kappa shape index (κ3) is 5.73. The van der Waals surface area contributed by atoms with Gasteiger partial charge in [-0.05, 0) is 138 Å². The van der Waals surface area contributed by atoms with Gasteiger partial charge in [-0.25, -0.2) is 0 Å². The fourth-order valence-corrected chi connectivity index (χ4v) is 15.6. The molecular formula is C68H45NS2. The van der Waals surface area contributed by atoms with Crippen LogP contribution in [-0.4, -0.2) is 0 Å². The van der Waals surface area contributed by atoms with E-state index in [4.69, 9.17) is 0 Å². The van der Waals surface area contributed by atoms with Crippen LogP contribution in [0.25, 0.3) is 44.5 Å². The summed E-state index contributed by atoms with van der Waals surface area (Å²) in [6.07, 6.45) is 6.98. The third-order valence-electron chi connectivity index (χ3n) is 15.9. The van der Waals surface area contributed by atoms with Crippen LogP contribution in [0.5, 0.6) is 0 Å². The molecule has 0 saturated heterocycles. The number of anilines is 3. The molecule has 2 heterocycles. The maximum absolute atomic E-state index is 2.61. The summed E-state index contributed by atoms with van der Waals surface area (Å²) in [5.41, 5.74) is 23.2. The molecule has 15 rings (SSSR count). The van der Waals surface area contributed by atoms with Crippen molar-refractivity contribution in [1.29, 1.82) is 0 Å². The van der Waals surface area contributed by atoms with Crippen molar-refractivity contribution in [3.05, 3.63) is 298 Å². The molecule has 0 amide bonds. The van der Waals surface area contributed by atoms with E-state index in [-0.39, 0.29) is 0 Å². The quantitative estimate of drug-likeness (QED) is 0.169. The van der Waals surface area contributed by atoms with Gasteiger partial charge < -0.3 is 4.90 Å². The van der Waals surface area contributed by atoms with Gasteiger partial charge in [-0.3, -0.25) is 0 Å². The third-order valence-corrected chi connectivity index (χ3v) is 18.3. The minimum Gasteiger partial charge on any atom is -0.309 e. The predicted molar refractivity (Wildman–Crippen MR) is 296 cm³/mol. The average molecular weight is 940 g/mol. The summed E-state index contributed by atoms with van der Waals surface area (Å²) in [7, 11) is 0. The zero-order valence-electron chi connectivity index (χ0n) is 38.8. The monoisotopic (exact) mass is 939 g/mol. The molecule has 0 N–H and O–H groups in total. The molecule has 0 fully saturated rings. The van der Waals surface area contributed by atoms with Gasteiger partial charge in [-0.1, -0.05) is 230 Å². The summed E-state index contributed by atoms with van der Waals surface area (Å²) in [6.45, 7) is 0. The van der Waals surface area contributed by atoms with E-state index in [1.807, 2.05) is 23.5 Å². The van der Waals surface area contributed by atoms with E-state index in [9.17, 15) is 0 Å². The van der Waals surface area contributed by atoms with Gasteiger partial charge >= 0.3 is 0 Å². The van der Waals surface area contributed by atoms with Crippen molar-refractivity contribution >= 4 is 40.6 Å². The molecule has 3 heteroatoms. The molecule has 334 valence electrons. The smallest absolute Gasteiger partial charge is 0.0736 e. The molecule has 0 bridgehead atoms. The van der Waals surface area contributed by atoms with Gasteiger partial charge in [0.15, 0.2) is 0 Å². The van der Waals surface area contributed by atoms with Gasteiger partial charge in [-0.15, -0.1) is 0 Å².